The number of carbonyl (C=O) groups excluding carboxylic acids is 2. The topological polar surface area (TPSA) is 105 Å². The number of benzene rings is 1. The van der Waals surface area contributed by atoms with Crippen molar-refractivity contribution in [2.45, 2.75) is 70.4 Å². The number of hydrogen-bond donors (Lipinski definition) is 3. The van der Waals surface area contributed by atoms with Gasteiger partial charge in [0.25, 0.3) is 0 Å². The maximum atomic E-state index is 12.8. The molecule has 0 saturated heterocycles. The molecular formula is C21H30N2O5. The summed E-state index contributed by atoms with van der Waals surface area (Å²) >= 11 is 0. The van der Waals surface area contributed by atoms with E-state index in [9.17, 15) is 19.5 Å². The Morgan fingerprint density at radius 1 is 1.14 bits per heavy atom. The van der Waals surface area contributed by atoms with Crippen LogP contribution < -0.4 is 15.4 Å². The highest BCUT2D eigenvalue weighted by atomic mass is 16.5. The monoisotopic (exact) mass is 390 g/mol. The first-order valence-electron chi connectivity index (χ1n) is 9.91. The average molecular weight is 390 g/mol. The Hall–Kier alpha value is -2.57. The number of hydrogen-bond acceptors (Lipinski definition) is 4. The Morgan fingerprint density at radius 3 is 2.36 bits per heavy atom. The van der Waals surface area contributed by atoms with E-state index in [1.807, 2.05) is 19.1 Å². The molecule has 3 N–H and O–H groups in total. The minimum Gasteiger partial charge on any atom is -0.494 e. The number of carboxylic acid groups (broad SMARTS) is 1. The van der Waals surface area contributed by atoms with E-state index in [4.69, 9.17) is 4.74 Å². The van der Waals surface area contributed by atoms with Crippen LogP contribution in [0.1, 0.15) is 70.4 Å². The van der Waals surface area contributed by atoms with Crippen LogP contribution in [0.4, 0.5) is 0 Å². The molecule has 0 heterocycles. The molecule has 0 bridgehead atoms. The number of amides is 2. The molecule has 1 atom stereocenters. The molecule has 1 aliphatic carbocycles. The predicted molar refractivity (Wildman–Crippen MR) is 105 cm³/mol. The second kappa shape index (κ2) is 10.1. The summed E-state index contributed by atoms with van der Waals surface area (Å²) in [7, 11) is 0. The highest BCUT2D eigenvalue weighted by molar-refractivity contribution is 5.87. The number of carboxylic acids is 1. The van der Waals surface area contributed by atoms with E-state index < -0.39 is 23.5 Å². The van der Waals surface area contributed by atoms with E-state index in [-0.39, 0.29) is 12.3 Å². The normalized spacial score (nSPS) is 17.1. The second-order valence-corrected chi connectivity index (χ2v) is 7.28. The molecule has 7 nitrogen and oxygen atoms in total. The van der Waals surface area contributed by atoms with Crippen LogP contribution in [-0.2, 0) is 14.4 Å². The van der Waals surface area contributed by atoms with Crippen molar-refractivity contribution in [2.24, 2.45) is 0 Å². The van der Waals surface area contributed by atoms with Crippen LogP contribution in [0.25, 0.3) is 0 Å². The molecule has 1 unspecified atom stereocenters. The minimum atomic E-state index is -1.23. The van der Waals surface area contributed by atoms with E-state index in [1.165, 1.54) is 6.92 Å². The van der Waals surface area contributed by atoms with Crippen LogP contribution >= 0.6 is 0 Å². The second-order valence-electron chi connectivity index (χ2n) is 7.28. The van der Waals surface area contributed by atoms with Crippen molar-refractivity contribution in [2.75, 3.05) is 6.61 Å². The fraction of sp³-hybridized carbons (Fsp3) is 0.571. The number of nitrogens with one attached hydrogen (secondary N) is 2. The SMILES string of the molecule is CCOc1ccccc1C(CC(=O)NC1(C(=O)O)CCCCCC1)NC(C)=O. The molecule has 0 aromatic heterocycles. The summed E-state index contributed by atoms with van der Waals surface area (Å²) in [5.74, 6) is -1.06. The van der Waals surface area contributed by atoms with Crippen LogP contribution in [-0.4, -0.2) is 35.0 Å². The molecule has 0 spiro atoms. The van der Waals surface area contributed by atoms with Crippen molar-refractivity contribution in [3.05, 3.63) is 29.8 Å². The highest BCUT2D eigenvalue weighted by Crippen LogP contribution is 2.30. The maximum absolute atomic E-state index is 12.8. The molecule has 154 valence electrons. The van der Waals surface area contributed by atoms with Crippen LogP contribution in [0, 0.1) is 0 Å². The largest absolute Gasteiger partial charge is 0.494 e. The van der Waals surface area contributed by atoms with E-state index in [0.717, 1.165) is 25.7 Å². The van der Waals surface area contributed by atoms with E-state index >= 15 is 0 Å². The third-order valence-electron chi connectivity index (χ3n) is 5.11. The number of para-hydroxylation sites is 1. The van der Waals surface area contributed by atoms with Gasteiger partial charge in [0, 0.05) is 12.5 Å². The molecule has 1 aliphatic rings. The van der Waals surface area contributed by atoms with Crippen molar-refractivity contribution < 1.29 is 24.2 Å². The van der Waals surface area contributed by atoms with Crippen molar-refractivity contribution in [3.8, 4) is 5.75 Å². The summed E-state index contributed by atoms with van der Waals surface area (Å²) in [6.07, 6.45) is 4.29. The summed E-state index contributed by atoms with van der Waals surface area (Å²) in [6, 6.07) is 6.63. The third-order valence-corrected chi connectivity index (χ3v) is 5.11. The first-order chi connectivity index (χ1) is 13.4. The zero-order valence-electron chi connectivity index (χ0n) is 16.6. The van der Waals surface area contributed by atoms with Gasteiger partial charge in [-0.3, -0.25) is 9.59 Å². The van der Waals surface area contributed by atoms with Gasteiger partial charge in [0.1, 0.15) is 11.3 Å². The van der Waals surface area contributed by atoms with E-state index in [1.54, 1.807) is 12.1 Å². The van der Waals surface area contributed by atoms with Gasteiger partial charge < -0.3 is 20.5 Å². The molecule has 0 aliphatic heterocycles. The summed E-state index contributed by atoms with van der Waals surface area (Å²) in [5, 5.41) is 15.3. The molecule has 28 heavy (non-hydrogen) atoms. The lowest BCUT2D eigenvalue weighted by Crippen LogP contribution is -2.54. The highest BCUT2D eigenvalue weighted by Gasteiger charge is 2.40. The Morgan fingerprint density at radius 2 is 1.79 bits per heavy atom. The maximum Gasteiger partial charge on any atom is 0.329 e. The first kappa shape index (κ1) is 21.7. The standard InChI is InChI=1S/C21H30N2O5/c1-3-28-18-11-7-6-10-16(18)17(22-15(2)24)14-19(25)23-21(20(26)27)12-8-4-5-9-13-21/h6-7,10-11,17H,3-5,8-9,12-14H2,1-2H3,(H,22,24)(H,23,25)(H,26,27). The molecule has 1 aromatic carbocycles. The first-order valence-corrected chi connectivity index (χ1v) is 9.91. The lowest BCUT2D eigenvalue weighted by Gasteiger charge is -2.30. The lowest BCUT2D eigenvalue weighted by molar-refractivity contribution is -0.148. The lowest BCUT2D eigenvalue weighted by atomic mass is 9.89. The van der Waals surface area contributed by atoms with Gasteiger partial charge in [0.05, 0.1) is 19.1 Å². The third kappa shape index (κ3) is 5.71. The summed E-state index contributed by atoms with van der Waals surface area (Å²) < 4.78 is 5.63. The molecule has 0 radical (unpaired) electrons. The predicted octanol–water partition coefficient (Wildman–Crippen LogP) is 2.95. The van der Waals surface area contributed by atoms with Gasteiger partial charge in [-0.1, -0.05) is 43.9 Å². The van der Waals surface area contributed by atoms with Gasteiger partial charge in [0.2, 0.25) is 11.8 Å². The number of aliphatic carboxylic acids is 1. The Balaban J connectivity index is 2.20. The summed E-state index contributed by atoms with van der Waals surface area (Å²) in [6.45, 7) is 3.70. The Bertz CT molecular complexity index is 696. The number of carbonyl (C=O) groups is 3. The van der Waals surface area contributed by atoms with Crippen molar-refractivity contribution in [3.63, 3.8) is 0 Å². The van der Waals surface area contributed by atoms with Crippen LogP contribution in [0.15, 0.2) is 24.3 Å². The average Bonchev–Trinajstić information content (AvgIpc) is 2.88. The number of ether oxygens (including phenoxy) is 1. The van der Waals surface area contributed by atoms with E-state index in [0.29, 0.717) is 30.8 Å². The van der Waals surface area contributed by atoms with Crippen LogP contribution in [0.3, 0.4) is 0 Å². The van der Waals surface area contributed by atoms with Crippen molar-refractivity contribution in [1.82, 2.24) is 10.6 Å². The number of rotatable bonds is 8. The summed E-state index contributed by atoms with van der Waals surface area (Å²) in [4.78, 5) is 36.4. The molecule has 1 saturated carbocycles. The van der Waals surface area contributed by atoms with Gasteiger partial charge in [-0.2, -0.15) is 0 Å². The van der Waals surface area contributed by atoms with Gasteiger partial charge >= 0.3 is 5.97 Å². The minimum absolute atomic E-state index is 0.0568. The smallest absolute Gasteiger partial charge is 0.329 e. The van der Waals surface area contributed by atoms with Gasteiger partial charge in [0.15, 0.2) is 0 Å². The molecule has 1 aromatic rings. The molecular weight excluding hydrogens is 360 g/mol. The molecule has 1 fully saturated rings. The van der Waals surface area contributed by atoms with Crippen molar-refractivity contribution in [1.29, 1.82) is 0 Å². The van der Waals surface area contributed by atoms with Crippen molar-refractivity contribution >= 4 is 17.8 Å². The summed E-state index contributed by atoms with van der Waals surface area (Å²) in [5.41, 5.74) is -0.534. The van der Waals surface area contributed by atoms with Crippen LogP contribution in [0.5, 0.6) is 5.75 Å². The van der Waals surface area contributed by atoms with E-state index in [2.05, 4.69) is 10.6 Å². The fourth-order valence-corrected chi connectivity index (χ4v) is 3.77. The van der Waals surface area contributed by atoms with Gasteiger partial charge in [-0.05, 0) is 25.8 Å². The van der Waals surface area contributed by atoms with Crippen LogP contribution in [0.2, 0.25) is 0 Å². The molecule has 7 heteroatoms. The quantitative estimate of drug-likeness (QED) is 0.592. The van der Waals surface area contributed by atoms with Gasteiger partial charge in [-0.15, -0.1) is 0 Å². The van der Waals surface area contributed by atoms with Gasteiger partial charge in [-0.25, -0.2) is 4.79 Å². The zero-order chi connectivity index (χ0) is 20.6. The Labute approximate surface area is 165 Å². The Kier molecular flexibility index (Phi) is 7.84. The molecule has 2 amide bonds. The molecule has 2 rings (SSSR count). The zero-order valence-corrected chi connectivity index (χ0v) is 16.6. The fourth-order valence-electron chi connectivity index (χ4n) is 3.77.